The molecular formula is C15H17N5. The van der Waals surface area contributed by atoms with Gasteiger partial charge in [0.05, 0.1) is 11.4 Å². The van der Waals surface area contributed by atoms with Crippen molar-refractivity contribution in [2.75, 3.05) is 17.6 Å². The molecule has 3 N–H and O–H groups in total. The van der Waals surface area contributed by atoms with Gasteiger partial charge in [-0.15, -0.1) is 0 Å². The number of anilines is 2. The van der Waals surface area contributed by atoms with Gasteiger partial charge in [-0.3, -0.25) is 9.67 Å². The number of hydrogen-bond donors (Lipinski definition) is 2. The van der Waals surface area contributed by atoms with E-state index in [9.17, 15) is 0 Å². The smallest absolute Gasteiger partial charge is 0.0630 e. The molecule has 5 heteroatoms. The molecule has 0 saturated heterocycles. The van der Waals surface area contributed by atoms with E-state index in [0.29, 0.717) is 0 Å². The van der Waals surface area contributed by atoms with E-state index in [2.05, 4.69) is 15.4 Å². The quantitative estimate of drug-likeness (QED) is 0.550. The molecule has 1 aromatic carbocycles. The van der Waals surface area contributed by atoms with E-state index in [0.717, 1.165) is 41.7 Å². The van der Waals surface area contributed by atoms with Crippen LogP contribution in [0, 0.1) is 0 Å². The minimum Gasteiger partial charge on any atom is -0.397 e. The molecule has 102 valence electrons. The molecular weight excluding hydrogens is 250 g/mol. The van der Waals surface area contributed by atoms with Gasteiger partial charge in [0.1, 0.15) is 0 Å². The van der Waals surface area contributed by atoms with Gasteiger partial charge in [0.25, 0.3) is 0 Å². The van der Waals surface area contributed by atoms with E-state index in [1.165, 1.54) is 0 Å². The highest BCUT2D eigenvalue weighted by Crippen LogP contribution is 2.27. The molecule has 0 unspecified atom stereocenters. The highest BCUT2D eigenvalue weighted by molar-refractivity contribution is 5.98. The summed E-state index contributed by atoms with van der Waals surface area (Å²) in [5.74, 6) is 0. The first-order chi connectivity index (χ1) is 9.84. The molecule has 2 heterocycles. The summed E-state index contributed by atoms with van der Waals surface area (Å²) in [5, 5.41) is 9.66. The van der Waals surface area contributed by atoms with Gasteiger partial charge in [-0.25, -0.2) is 0 Å². The number of aromatic nitrogens is 3. The van der Waals surface area contributed by atoms with E-state index >= 15 is 0 Å². The normalized spacial score (nSPS) is 10.8. The number of aryl methyl sites for hydroxylation is 1. The summed E-state index contributed by atoms with van der Waals surface area (Å²) in [5.41, 5.74) is 7.95. The van der Waals surface area contributed by atoms with Gasteiger partial charge >= 0.3 is 0 Å². The Kier molecular flexibility index (Phi) is 3.50. The van der Waals surface area contributed by atoms with Crippen LogP contribution in [0.15, 0.2) is 49.1 Å². The van der Waals surface area contributed by atoms with Crippen molar-refractivity contribution in [2.45, 2.75) is 13.0 Å². The van der Waals surface area contributed by atoms with Gasteiger partial charge in [0.15, 0.2) is 0 Å². The molecule has 3 aromatic rings. The standard InChI is InChI=1S/C15H17N5/c16-15-13-5-8-17-11-12(13)3-4-14(15)18-6-1-9-20-10-2-7-19-20/h2-5,7-8,10-11,18H,1,6,9,16H2. The third-order valence-corrected chi connectivity index (χ3v) is 3.30. The third kappa shape index (κ3) is 2.56. The number of nitrogens with two attached hydrogens (primary N) is 1. The van der Waals surface area contributed by atoms with Crippen molar-refractivity contribution >= 4 is 22.1 Å². The Morgan fingerprint density at radius 1 is 1.20 bits per heavy atom. The summed E-state index contributed by atoms with van der Waals surface area (Å²) in [4.78, 5) is 4.10. The van der Waals surface area contributed by atoms with Crippen LogP contribution in [0.25, 0.3) is 10.8 Å². The van der Waals surface area contributed by atoms with Gasteiger partial charge in [-0.05, 0) is 24.6 Å². The summed E-state index contributed by atoms with van der Waals surface area (Å²) >= 11 is 0. The fraction of sp³-hybridized carbons (Fsp3) is 0.200. The SMILES string of the molecule is Nc1c(NCCCn2cccn2)ccc2cnccc12. The Morgan fingerprint density at radius 2 is 2.15 bits per heavy atom. The Balaban J connectivity index is 1.64. The number of pyridine rings is 1. The van der Waals surface area contributed by atoms with Crippen LogP contribution in [0.2, 0.25) is 0 Å². The maximum atomic E-state index is 6.19. The average molecular weight is 267 g/mol. The molecule has 0 saturated carbocycles. The second-order valence-electron chi connectivity index (χ2n) is 4.67. The largest absolute Gasteiger partial charge is 0.397 e. The van der Waals surface area contributed by atoms with E-state index in [-0.39, 0.29) is 0 Å². The molecule has 0 aliphatic rings. The zero-order valence-corrected chi connectivity index (χ0v) is 11.2. The number of nitrogen functional groups attached to an aromatic ring is 1. The summed E-state index contributed by atoms with van der Waals surface area (Å²) < 4.78 is 1.93. The molecule has 20 heavy (non-hydrogen) atoms. The van der Waals surface area contributed by atoms with Crippen molar-refractivity contribution in [3.05, 3.63) is 49.1 Å². The fourth-order valence-electron chi connectivity index (χ4n) is 2.24. The van der Waals surface area contributed by atoms with Gasteiger partial charge in [-0.2, -0.15) is 5.10 Å². The lowest BCUT2D eigenvalue weighted by molar-refractivity contribution is 0.592. The highest BCUT2D eigenvalue weighted by atomic mass is 15.3. The first-order valence-electron chi connectivity index (χ1n) is 6.68. The van der Waals surface area contributed by atoms with Gasteiger partial charge in [0.2, 0.25) is 0 Å². The van der Waals surface area contributed by atoms with Crippen molar-refractivity contribution < 1.29 is 0 Å². The number of benzene rings is 1. The molecule has 0 bridgehead atoms. The molecule has 5 nitrogen and oxygen atoms in total. The van der Waals surface area contributed by atoms with E-state index in [1.807, 2.05) is 41.3 Å². The van der Waals surface area contributed by atoms with Crippen LogP contribution in [0.3, 0.4) is 0 Å². The van der Waals surface area contributed by atoms with Crippen molar-refractivity contribution in [2.24, 2.45) is 0 Å². The van der Waals surface area contributed by atoms with Gasteiger partial charge < -0.3 is 11.1 Å². The van der Waals surface area contributed by atoms with Crippen molar-refractivity contribution in [1.82, 2.24) is 14.8 Å². The second-order valence-corrected chi connectivity index (χ2v) is 4.67. The van der Waals surface area contributed by atoms with Gasteiger partial charge in [0, 0.05) is 48.6 Å². The van der Waals surface area contributed by atoms with Gasteiger partial charge in [-0.1, -0.05) is 6.07 Å². The molecule has 0 radical (unpaired) electrons. The molecule has 0 aliphatic heterocycles. The summed E-state index contributed by atoms with van der Waals surface area (Å²) in [7, 11) is 0. The molecule has 0 aliphatic carbocycles. The molecule has 2 aromatic heterocycles. The topological polar surface area (TPSA) is 68.8 Å². The highest BCUT2D eigenvalue weighted by Gasteiger charge is 2.03. The zero-order chi connectivity index (χ0) is 13.8. The first-order valence-corrected chi connectivity index (χ1v) is 6.68. The molecule has 0 amide bonds. The van der Waals surface area contributed by atoms with E-state index in [4.69, 9.17) is 5.73 Å². The Morgan fingerprint density at radius 3 is 3.00 bits per heavy atom. The van der Waals surface area contributed by atoms with Crippen LogP contribution < -0.4 is 11.1 Å². The average Bonchev–Trinajstić information content (AvgIpc) is 2.99. The lowest BCUT2D eigenvalue weighted by Gasteiger charge is -2.11. The number of fused-ring (bicyclic) bond motifs is 1. The Hall–Kier alpha value is -2.56. The van der Waals surface area contributed by atoms with Crippen LogP contribution in [-0.2, 0) is 6.54 Å². The predicted octanol–water partition coefficient (Wildman–Crippen LogP) is 2.52. The number of nitrogens with one attached hydrogen (secondary N) is 1. The lowest BCUT2D eigenvalue weighted by Crippen LogP contribution is -2.08. The van der Waals surface area contributed by atoms with Crippen LogP contribution in [0.5, 0.6) is 0 Å². The maximum absolute atomic E-state index is 6.19. The summed E-state index contributed by atoms with van der Waals surface area (Å²) in [6.07, 6.45) is 8.35. The number of nitrogens with zero attached hydrogens (tertiary/aromatic N) is 3. The lowest BCUT2D eigenvalue weighted by atomic mass is 10.1. The minimum atomic E-state index is 0.781. The van der Waals surface area contributed by atoms with Crippen LogP contribution in [-0.4, -0.2) is 21.3 Å². The first kappa shape index (κ1) is 12.5. The maximum Gasteiger partial charge on any atom is 0.0630 e. The van der Waals surface area contributed by atoms with Crippen LogP contribution >= 0.6 is 0 Å². The van der Waals surface area contributed by atoms with Crippen molar-refractivity contribution in [3.8, 4) is 0 Å². The van der Waals surface area contributed by atoms with Crippen molar-refractivity contribution in [1.29, 1.82) is 0 Å². The van der Waals surface area contributed by atoms with Crippen LogP contribution in [0.4, 0.5) is 11.4 Å². The summed E-state index contributed by atoms with van der Waals surface area (Å²) in [6.45, 7) is 1.76. The summed E-state index contributed by atoms with van der Waals surface area (Å²) in [6, 6.07) is 7.92. The zero-order valence-electron chi connectivity index (χ0n) is 11.2. The van der Waals surface area contributed by atoms with E-state index in [1.54, 1.807) is 12.4 Å². The Bertz CT molecular complexity index is 691. The molecule has 0 spiro atoms. The number of hydrogen-bond acceptors (Lipinski definition) is 4. The van der Waals surface area contributed by atoms with Crippen LogP contribution in [0.1, 0.15) is 6.42 Å². The van der Waals surface area contributed by atoms with E-state index < -0.39 is 0 Å². The van der Waals surface area contributed by atoms with Crippen molar-refractivity contribution in [3.63, 3.8) is 0 Å². The monoisotopic (exact) mass is 267 g/mol. The second kappa shape index (κ2) is 5.61. The molecule has 3 rings (SSSR count). The Labute approximate surface area is 117 Å². The molecule has 0 fully saturated rings. The molecule has 0 atom stereocenters. The minimum absolute atomic E-state index is 0.781. The third-order valence-electron chi connectivity index (χ3n) is 3.30. The predicted molar refractivity (Wildman–Crippen MR) is 81.5 cm³/mol. The number of rotatable bonds is 5. The fourth-order valence-corrected chi connectivity index (χ4v) is 2.24.